The molecule has 1 aliphatic rings. The van der Waals surface area contributed by atoms with Crippen molar-refractivity contribution >= 4 is 29.7 Å². The van der Waals surface area contributed by atoms with Crippen LogP contribution in [-0.4, -0.2) is 75.5 Å². The van der Waals surface area contributed by atoms with Crippen LogP contribution in [0.4, 0.5) is 0 Å². The van der Waals surface area contributed by atoms with E-state index in [-0.39, 0.29) is 18.9 Å². The SMILES string of the molecule is CC(C)C(NC(=O)C(N)Cc1ccccc1)C(=O)N1CCCC1C(=O)NC(CCC(=O)O)C(=O)O. The van der Waals surface area contributed by atoms with Crippen LogP contribution >= 0.6 is 0 Å². The molecule has 192 valence electrons. The van der Waals surface area contributed by atoms with Crippen LogP contribution in [0.25, 0.3) is 0 Å². The minimum Gasteiger partial charge on any atom is -0.481 e. The first kappa shape index (κ1) is 27.8. The number of carboxylic acid groups (broad SMARTS) is 2. The monoisotopic (exact) mass is 490 g/mol. The summed E-state index contributed by atoms with van der Waals surface area (Å²) in [6, 6.07) is 5.17. The lowest BCUT2D eigenvalue weighted by Gasteiger charge is -2.31. The first-order chi connectivity index (χ1) is 16.5. The third kappa shape index (κ3) is 8.06. The summed E-state index contributed by atoms with van der Waals surface area (Å²) < 4.78 is 0. The van der Waals surface area contributed by atoms with E-state index in [4.69, 9.17) is 10.8 Å². The number of carboxylic acids is 2. The number of benzene rings is 1. The van der Waals surface area contributed by atoms with Gasteiger partial charge < -0.3 is 31.5 Å². The smallest absolute Gasteiger partial charge is 0.326 e. The van der Waals surface area contributed by atoms with Crippen molar-refractivity contribution in [3.63, 3.8) is 0 Å². The Hall–Kier alpha value is -3.47. The van der Waals surface area contributed by atoms with Gasteiger partial charge in [-0.2, -0.15) is 0 Å². The fourth-order valence-electron chi connectivity index (χ4n) is 4.01. The molecule has 0 bridgehead atoms. The zero-order valence-electron chi connectivity index (χ0n) is 20.0. The second-order valence-corrected chi connectivity index (χ2v) is 9.05. The van der Waals surface area contributed by atoms with Gasteiger partial charge in [-0.15, -0.1) is 0 Å². The van der Waals surface area contributed by atoms with Crippen LogP contribution in [0.1, 0.15) is 45.1 Å². The summed E-state index contributed by atoms with van der Waals surface area (Å²) in [5.41, 5.74) is 6.95. The summed E-state index contributed by atoms with van der Waals surface area (Å²) in [6.45, 7) is 3.81. The Morgan fingerprint density at radius 2 is 1.74 bits per heavy atom. The van der Waals surface area contributed by atoms with Crippen LogP contribution in [0.15, 0.2) is 30.3 Å². The highest BCUT2D eigenvalue weighted by molar-refractivity contribution is 5.94. The number of rotatable bonds is 12. The second kappa shape index (κ2) is 12.8. The molecule has 1 saturated heterocycles. The maximum atomic E-state index is 13.3. The Morgan fingerprint density at radius 3 is 2.31 bits per heavy atom. The third-order valence-electron chi connectivity index (χ3n) is 5.97. The van der Waals surface area contributed by atoms with E-state index < -0.39 is 60.2 Å². The highest BCUT2D eigenvalue weighted by Gasteiger charge is 2.40. The molecule has 1 aromatic carbocycles. The van der Waals surface area contributed by atoms with Crippen molar-refractivity contribution in [2.75, 3.05) is 6.54 Å². The van der Waals surface area contributed by atoms with Crippen LogP contribution < -0.4 is 16.4 Å². The van der Waals surface area contributed by atoms with Crippen LogP contribution in [0.2, 0.25) is 0 Å². The number of nitrogens with zero attached hydrogens (tertiary/aromatic N) is 1. The molecule has 4 atom stereocenters. The maximum Gasteiger partial charge on any atom is 0.326 e. The van der Waals surface area contributed by atoms with Crippen molar-refractivity contribution in [3.8, 4) is 0 Å². The summed E-state index contributed by atoms with van der Waals surface area (Å²) in [4.78, 5) is 62.5. The quantitative estimate of drug-likeness (QED) is 0.274. The summed E-state index contributed by atoms with van der Waals surface area (Å²) >= 11 is 0. The summed E-state index contributed by atoms with van der Waals surface area (Å²) in [5.74, 6) is -4.42. The Morgan fingerprint density at radius 1 is 1.09 bits per heavy atom. The van der Waals surface area contributed by atoms with Gasteiger partial charge in [0, 0.05) is 13.0 Å². The lowest BCUT2D eigenvalue weighted by atomic mass is 10.0. The number of likely N-dealkylation sites (tertiary alicyclic amines) is 1. The maximum absolute atomic E-state index is 13.3. The van der Waals surface area contributed by atoms with Crippen molar-refractivity contribution in [1.29, 1.82) is 0 Å². The molecule has 2 rings (SSSR count). The normalized spacial score (nSPS) is 17.9. The van der Waals surface area contributed by atoms with Crippen LogP contribution in [-0.2, 0) is 30.4 Å². The number of carbonyl (C=O) groups excluding carboxylic acids is 3. The largest absolute Gasteiger partial charge is 0.481 e. The van der Waals surface area contributed by atoms with E-state index in [1.807, 2.05) is 30.3 Å². The Balaban J connectivity index is 2.06. The molecular formula is C24H34N4O7. The molecule has 6 N–H and O–H groups in total. The summed E-state index contributed by atoms with van der Waals surface area (Å²) in [6.07, 6.45) is 0.460. The molecule has 1 aliphatic heterocycles. The summed E-state index contributed by atoms with van der Waals surface area (Å²) in [5, 5.41) is 23.2. The highest BCUT2D eigenvalue weighted by atomic mass is 16.4. The molecule has 11 nitrogen and oxygen atoms in total. The number of carbonyl (C=O) groups is 5. The predicted molar refractivity (Wildman–Crippen MR) is 126 cm³/mol. The van der Waals surface area contributed by atoms with Gasteiger partial charge >= 0.3 is 11.9 Å². The number of nitrogens with one attached hydrogen (secondary N) is 2. The third-order valence-corrected chi connectivity index (χ3v) is 5.97. The minimum atomic E-state index is -1.38. The number of aliphatic carboxylic acids is 2. The van der Waals surface area contributed by atoms with Gasteiger partial charge in [-0.25, -0.2) is 4.79 Å². The Labute approximate surface area is 204 Å². The van der Waals surface area contributed by atoms with Crippen LogP contribution in [0.3, 0.4) is 0 Å². The number of nitrogens with two attached hydrogens (primary N) is 1. The van der Waals surface area contributed by atoms with E-state index in [0.29, 0.717) is 19.3 Å². The van der Waals surface area contributed by atoms with E-state index in [9.17, 15) is 29.1 Å². The molecule has 4 unspecified atom stereocenters. The molecule has 0 saturated carbocycles. The fraction of sp³-hybridized carbons (Fsp3) is 0.542. The molecule has 1 heterocycles. The fourth-order valence-corrected chi connectivity index (χ4v) is 4.01. The van der Waals surface area contributed by atoms with Gasteiger partial charge in [0.1, 0.15) is 18.1 Å². The van der Waals surface area contributed by atoms with Crippen molar-refractivity contribution in [2.45, 2.75) is 70.1 Å². The van der Waals surface area contributed by atoms with Crippen molar-refractivity contribution in [1.82, 2.24) is 15.5 Å². The van der Waals surface area contributed by atoms with Gasteiger partial charge in [0.25, 0.3) is 0 Å². The minimum absolute atomic E-state index is 0.277. The standard InChI is InChI=1S/C24H34N4O7/c1-14(2)20(27-21(31)16(25)13-15-7-4-3-5-8-15)23(33)28-12-6-9-18(28)22(32)26-17(24(34)35)10-11-19(29)30/h3-5,7-8,14,16-18,20H,6,9-13,25H2,1-2H3,(H,26,32)(H,27,31)(H,29,30)(H,34,35). The topological polar surface area (TPSA) is 179 Å². The van der Waals surface area contributed by atoms with Crippen molar-refractivity contribution in [3.05, 3.63) is 35.9 Å². The van der Waals surface area contributed by atoms with Gasteiger partial charge in [0.15, 0.2) is 0 Å². The van der Waals surface area contributed by atoms with Gasteiger partial charge in [0.05, 0.1) is 6.04 Å². The van der Waals surface area contributed by atoms with E-state index in [2.05, 4.69) is 10.6 Å². The molecule has 0 aliphatic carbocycles. The average Bonchev–Trinajstić information content (AvgIpc) is 3.29. The molecule has 1 fully saturated rings. The van der Waals surface area contributed by atoms with E-state index in [1.165, 1.54) is 4.90 Å². The van der Waals surface area contributed by atoms with Crippen molar-refractivity contribution < 1.29 is 34.2 Å². The summed E-state index contributed by atoms with van der Waals surface area (Å²) in [7, 11) is 0. The van der Waals surface area contributed by atoms with Crippen LogP contribution in [0.5, 0.6) is 0 Å². The predicted octanol–water partition coefficient (Wildman–Crippen LogP) is 0.122. The Kier molecular flexibility index (Phi) is 10.2. The first-order valence-corrected chi connectivity index (χ1v) is 11.7. The second-order valence-electron chi connectivity index (χ2n) is 9.05. The molecule has 0 spiro atoms. The molecule has 0 aromatic heterocycles. The zero-order valence-corrected chi connectivity index (χ0v) is 20.0. The van der Waals surface area contributed by atoms with Crippen LogP contribution in [0, 0.1) is 5.92 Å². The number of amides is 3. The molecule has 11 heteroatoms. The molecule has 1 aromatic rings. The van der Waals surface area contributed by atoms with E-state index in [1.54, 1.807) is 13.8 Å². The average molecular weight is 491 g/mol. The first-order valence-electron chi connectivity index (χ1n) is 11.7. The van der Waals surface area contributed by atoms with Gasteiger partial charge in [-0.05, 0) is 37.2 Å². The zero-order chi connectivity index (χ0) is 26.1. The van der Waals surface area contributed by atoms with Gasteiger partial charge in [-0.3, -0.25) is 19.2 Å². The lowest BCUT2D eigenvalue weighted by Crippen LogP contribution is -2.58. The molecular weight excluding hydrogens is 456 g/mol. The lowest BCUT2D eigenvalue weighted by molar-refractivity contribution is -0.145. The molecule has 0 radical (unpaired) electrons. The highest BCUT2D eigenvalue weighted by Crippen LogP contribution is 2.21. The van der Waals surface area contributed by atoms with Crippen molar-refractivity contribution in [2.24, 2.45) is 11.7 Å². The molecule has 3 amide bonds. The van der Waals surface area contributed by atoms with E-state index in [0.717, 1.165) is 5.56 Å². The Bertz CT molecular complexity index is 922. The molecule has 35 heavy (non-hydrogen) atoms. The van der Waals surface area contributed by atoms with Gasteiger partial charge in [0.2, 0.25) is 17.7 Å². The van der Waals surface area contributed by atoms with E-state index >= 15 is 0 Å². The number of hydrogen-bond acceptors (Lipinski definition) is 6. The number of hydrogen-bond donors (Lipinski definition) is 5. The van der Waals surface area contributed by atoms with Gasteiger partial charge in [-0.1, -0.05) is 44.2 Å².